The molecule has 0 saturated carbocycles. The standard InChI is InChI=1S/C26H22IN3O5S/c27-19-12-14-20(15-13-19)30(36(33,34)22-8-2-1-3-9-22)18-25(31)29-24-11-5-4-10-23(24)26(32)28-17-21-7-6-16-35-21/h1-16H,17-18H2,(H,28,32)(H,29,31). The maximum atomic E-state index is 13.4. The van der Waals surface area contributed by atoms with Gasteiger partial charge in [0.2, 0.25) is 5.91 Å². The SMILES string of the molecule is O=C(CN(c1ccc(I)cc1)S(=O)(=O)c1ccccc1)Nc1ccccc1C(=O)NCc1ccco1. The van der Waals surface area contributed by atoms with Crippen LogP contribution in [-0.4, -0.2) is 26.8 Å². The molecule has 2 amide bonds. The molecule has 1 heterocycles. The van der Waals surface area contributed by atoms with E-state index >= 15 is 0 Å². The van der Waals surface area contributed by atoms with Gasteiger partial charge < -0.3 is 15.1 Å². The lowest BCUT2D eigenvalue weighted by Gasteiger charge is -2.24. The first-order valence-electron chi connectivity index (χ1n) is 10.9. The number of benzene rings is 3. The number of nitrogens with zero attached hydrogens (tertiary/aromatic N) is 1. The van der Waals surface area contributed by atoms with Gasteiger partial charge in [-0.15, -0.1) is 0 Å². The van der Waals surface area contributed by atoms with Crippen LogP contribution in [0.2, 0.25) is 0 Å². The van der Waals surface area contributed by atoms with Crippen LogP contribution in [0.15, 0.2) is 107 Å². The molecule has 2 N–H and O–H groups in total. The minimum Gasteiger partial charge on any atom is -0.467 e. The van der Waals surface area contributed by atoms with Crippen LogP contribution >= 0.6 is 22.6 Å². The highest BCUT2D eigenvalue weighted by atomic mass is 127. The van der Waals surface area contributed by atoms with Crippen LogP contribution in [0.4, 0.5) is 11.4 Å². The van der Waals surface area contributed by atoms with Crippen LogP contribution in [0.1, 0.15) is 16.1 Å². The predicted molar refractivity (Wildman–Crippen MR) is 145 cm³/mol. The van der Waals surface area contributed by atoms with Gasteiger partial charge in [-0.25, -0.2) is 8.42 Å². The fraction of sp³-hybridized carbons (Fsp3) is 0.0769. The van der Waals surface area contributed by atoms with Gasteiger partial charge >= 0.3 is 0 Å². The highest BCUT2D eigenvalue weighted by molar-refractivity contribution is 14.1. The normalized spacial score (nSPS) is 11.0. The smallest absolute Gasteiger partial charge is 0.264 e. The van der Waals surface area contributed by atoms with Gasteiger partial charge in [-0.05, 0) is 83.3 Å². The molecule has 4 rings (SSSR count). The van der Waals surface area contributed by atoms with Crippen molar-refractivity contribution >= 4 is 55.8 Å². The molecule has 36 heavy (non-hydrogen) atoms. The Morgan fingerprint density at radius 2 is 1.56 bits per heavy atom. The van der Waals surface area contributed by atoms with E-state index in [-0.39, 0.29) is 22.7 Å². The Labute approximate surface area is 222 Å². The van der Waals surface area contributed by atoms with Gasteiger partial charge in [0.05, 0.1) is 34.6 Å². The lowest BCUT2D eigenvalue weighted by atomic mass is 10.1. The Bertz CT molecular complexity index is 1440. The summed E-state index contributed by atoms with van der Waals surface area (Å²) in [6, 6.07) is 24.7. The fourth-order valence-corrected chi connectivity index (χ4v) is 5.23. The van der Waals surface area contributed by atoms with E-state index in [4.69, 9.17) is 4.42 Å². The minimum absolute atomic E-state index is 0.0639. The van der Waals surface area contributed by atoms with Crippen LogP contribution in [-0.2, 0) is 21.4 Å². The summed E-state index contributed by atoms with van der Waals surface area (Å²) in [6.45, 7) is -0.301. The first kappa shape index (κ1) is 25.5. The number of sulfonamides is 1. The van der Waals surface area contributed by atoms with Crippen LogP contribution < -0.4 is 14.9 Å². The molecule has 0 atom stereocenters. The Hall–Kier alpha value is -3.64. The third-order valence-electron chi connectivity index (χ3n) is 5.18. The zero-order valence-electron chi connectivity index (χ0n) is 18.9. The molecule has 0 saturated heterocycles. The lowest BCUT2D eigenvalue weighted by molar-refractivity contribution is -0.114. The molecular weight excluding hydrogens is 593 g/mol. The molecule has 0 aliphatic carbocycles. The summed E-state index contributed by atoms with van der Waals surface area (Å²) in [5.41, 5.74) is 0.849. The first-order valence-corrected chi connectivity index (χ1v) is 13.4. The van der Waals surface area contributed by atoms with Gasteiger partial charge in [-0.1, -0.05) is 30.3 Å². The number of nitrogens with one attached hydrogen (secondary N) is 2. The topological polar surface area (TPSA) is 109 Å². The van der Waals surface area contributed by atoms with E-state index in [1.807, 2.05) is 0 Å². The van der Waals surface area contributed by atoms with Crippen molar-refractivity contribution in [1.29, 1.82) is 0 Å². The maximum absolute atomic E-state index is 13.4. The zero-order chi connectivity index (χ0) is 25.5. The second-order valence-corrected chi connectivity index (χ2v) is 10.8. The quantitative estimate of drug-likeness (QED) is 0.267. The number of hydrogen-bond acceptors (Lipinski definition) is 5. The van der Waals surface area contributed by atoms with Crippen molar-refractivity contribution in [3.05, 3.63) is 112 Å². The molecule has 0 radical (unpaired) electrons. The van der Waals surface area contributed by atoms with Gasteiger partial charge in [0, 0.05) is 3.57 Å². The van der Waals surface area contributed by atoms with Crippen molar-refractivity contribution in [2.75, 3.05) is 16.2 Å². The van der Waals surface area contributed by atoms with Gasteiger partial charge in [0.15, 0.2) is 0 Å². The van der Waals surface area contributed by atoms with Crippen LogP contribution in [0.3, 0.4) is 0 Å². The summed E-state index contributed by atoms with van der Waals surface area (Å²) in [6.07, 6.45) is 1.51. The third-order valence-corrected chi connectivity index (χ3v) is 7.69. The molecule has 0 unspecified atom stereocenters. The molecule has 0 aliphatic heterocycles. The van der Waals surface area contributed by atoms with E-state index in [1.165, 1.54) is 18.4 Å². The molecule has 1 aromatic heterocycles. The Morgan fingerprint density at radius 3 is 2.25 bits per heavy atom. The average molecular weight is 615 g/mol. The van der Waals surface area contributed by atoms with Crippen molar-refractivity contribution in [1.82, 2.24) is 5.32 Å². The zero-order valence-corrected chi connectivity index (χ0v) is 21.9. The molecule has 184 valence electrons. The summed E-state index contributed by atoms with van der Waals surface area (Å²) in [5, 5.41) is 5.43. The molecule has 8 nitrogen and oxygen atoms in total. The van der Waals surface area contributed by atoms with Crippen molar-refractivity contribution in [2.24, 2.45) is 0 Å². The number of rotatable bonds is 9. The first-order chi connectivity index (χ1) is 17.3. The van der Waals surface area contributed by atoms with Crippen LogP contribution in [0.25, 0.3) is 0 Å². The second-order valence-electron chi connectivity index (χ2n) is 7.66. The molecule has 3 aromatic carbocycles. The number of furan rings is 1. The van der Waals surface area contributed by atoms with Crippen LogP contribution in [0.5, 0.6) is 0 Å². The van der Waals surface area contributed by atoms with E-state index in [0.717, 1.165) is 7.88 Å². The molecule has 0 aliphatic rings. The Morgan fingerprint density at radius 1 is 0.861 bits per heavy atom. The predicted octanol–water partition coefficient (Wildman–Crippen LogP) is 4.65. The highest BCUT2D eigenvalue weighted by Gasteiger charge is 2.27. The summed E-state index contributed by atoms with van der Waals surface area (Å²) in [7, 11) is -4.03. The number of halogens is 1. The van der Waals surface area contributed by atoms with E-state index in [0.29, 0.717) is 11.4 Å². The Balaban J connectivity index is 1.56. The summed E-state index contributed by atoms with van der Waals surface area (Å²) >= 11 is 2.12. The largest absolute Gasteiger partial charge is 0.467 e. The maximum Gasteiger partial charge on any atom is 0.264 e. The molecule has 4 aromatic rings. The van der Waals surface area contributed by atoms with E-state index in [2.05, 4.69) is 33.2 Å². The molecule has 10 heteroatoms. The van der Waals surface area contributed by atoms with Gasteiger partial charge in [0.25, 0.3) is 15.9 Å². The molecule has 0 spiro atoms. The lowest BCUT2D eigenvalue weighted by Crippen LogP contribution is -2.38. The number of para-hydroxylation sites is 1. The van der Waals surface area contributed by atoms with E-state index in [1.54, 1.807) is 78.9 Å². The van der Waals surface area contributed by atoms with Crippen molar-refractivity contribution in [2.45, 2.75) is 11.4 Å². The number of carbonyl (C=O) groups is 2. The molecule has 0 fully saturated rings. The minimum atomic E-state index is -4.03. The van der Waals surface area contributed by atoms with Gasteiger partial charge in [-0.2, -0.15) is 0 Å². The fourth-order valence-electron chi connectivity index (χ4n) is 3.43. The number of anilines is 2. The third kappa shape index (κ3) is 6.13. The summed E-state index contributed by atoms with van der Waals surface area (Å²) in [4.78, 5) is 25.9. The summed E-state index contributed by atoms with van der Waals surface area (Å²) < 4.78 is 34.1. The molecular formula is C26H22IN3O5S. The number of hydrogen-bond donors (Lipinski definition) is 2. The van der Waals surface area contributed by atoms with Crippen molar-refractivity contribution < 1.29 is 22.4 Å². The Kier molecular flexibility index (Phi) is 8.06. The van der Waals surface area contributed by atoms with Gasteiger partial charge in [0.1, 0.15) is 12.3 Å². The number of carbonyl (C=O) groups excluding carboxylic acids is 2. The van der Waals surface area contributed by atoms with Crippen LogP contribution in [0, 0.1) is 3.57 Å². The average Bonchev–Trinajstić information content (AvgIpc) is 3.41. The van der Waals surface area contributed by atoms with Crippen molar-refractivity contribution in [3.8, 4) is 0 Å². The van der Waals surface area contributed by atoms with E-state index < -0.39 is 28.4 Å². The second kappa shape index (κ2) is 11.4. The summed E-state index contributed by atoms with van der Waals surface area (Å²) in [5.74, 6) is -0.419. The van der Waals surface area contributed by atoms with E-state index in [9.17, 15) is 18.0 Å². The monoisotopic (exact) mass is 615 g/mol. The highest BCUT2D eigenvalue weighted by Crippen LogP contribution is 2.25. The molecule has 0 bridgehead atoms. The van der Waals surface area contributed by atoms with Gasteiger partial charge in [-0.3, -0.25) is 13.9 Å². The van der Waals surface area contributed by atoms with Crippen molar-refractivity contribution in [3.63, 3.8) is 0 Å². The number of amides is 2.